The predicted octanol–water partition coefficient (Wildman–Crippen LogP) is 4.32. The van der Waals surface area contributed by atoms with Gasteiger partial charge in [0.15, 0.2) is 5.76 Å². The molecule has 128 valence electrons. The van der Waals surface area contributed by atoms with Crippen LogP contribution in [0, 0.1) is 0 Å². The van der Waals surface area contributed by atoms with Crippen molar-refractivity contribution in [3.63, 3.8) is 0 Å². The van der Waals surface area contributed by atoms with Crippen molar-refractivity contribution in [2.24, 2.45) is 5.10 Å². The number of hydrogen-bond acceptors (Lipinski definition) is 5. The van der Waals surface area contributed by atoms with E-state index in [-0.39, 0.29) is 5.76 Å². The Morgan fingerprint density at radius 1 is 1.24 bits per heavy atom. The van der Waals surface area contributed by atoms with Crippen LogP contribution >= 0.6 is 11.8 Å². The number of hydrazone groups is 1. The first-order valence-corrected chi connectivity index (χ1v) is 9.06. The summed E-state index contributed by atoms with van der Waals surface area (Å²) in [6.45, 7) is 2.51. The van der Waals surface area contributed by atoms with Crippen LogP contribution in [-0.4, -0.2) is 25.0 Å². The number of nitrogens with zero attached hydrogens (tertiary/aromatic N) is 1. The summed E-state index contributed by atoms with van der Waals surface area (Å²) >= 11 is 1.67. The van der Waals surface area contributed by atoms with Crippen LogP contribution in [-0.2, 0) is 0 Å². The first-order chi connectivity index (χ1) is 12.2. The first kappa shape index (κ1) is 17.1. The van der Waals surface area contributed by atoms with Gasteiger partial charge in [-0.25, -0.2) is 5.43 Å². The molecule has 0 aliphatic carbocycles. The molecule has 0 saturated carbocycles. The number of hydrogen-bond donors (Lipinski definition) is 1. The van der Waals surface area contributed by atoms with E-state index in [0.717, 1.165) is 16.7 Å². The number of carbonyl (C=O) groups is 1. The van der Waals surface area contributed by atoms with Crippen molar-refractivity contribution in [3.8, 4) is 5.75 Å². The van der Waals surface area contributed by atoms with Gasteiger partial charge in [-0.1, -0.05) is 12.1 Å². The number of furan rings is 1. The summed E-state index contributed by atoms with van der Waals surface area (Å²) in [5.41, 5.74) is 4.01. The lowest BCUT2D eigenvalue weighted by molar-refractivity contribution is 0.0929. The molecule has 3 aromatic rings. The van der Waals surface area contributed by atoms with E-state index in [1.165, 1.54) is 4.90 Å². The molecule has 2 aromatic carbocycles. The van der Waals surface area contributed by atoms with Crippen molar-refractivity contribution in [2.45, 2.75) is 11.8 Å². The minimum absolute atomic E-state index is 0.207. The van der Waals surface area contributed by atoms with E-state index in [1.54, 1.807) is 30.1 Å². The lowest BCUT2D eigenvalue weighted by atomic mass is 10.2. The Labute approximate surface area is 150 Å². The highest BCUT2D eigenvalue weighted by Gasteiger charge is 2.12. The maximum absolute atomic E-state index is 12.2. The maximum Gasteiger partial charge on any atom is 0.307 e. The van der Waals surface area contributed by atoms with E-state index in [9.17, 15) is 4.79 Å². The van der Waals surface area contributed by atoms with Gasteiger partial charge in [-0.2, -0.15) is 5.10 Å². The van der Waals surface area contributed by atoms with E-state index in [2.05, 4.69) is 10.5 Å². The fourth-order valence-corrected chi connectivity index (χ4v) is 2.71. The van der Waals surface area contributed by atoms with Gasteiger partial charge < -0.3 is 9.15 Å². The second-order valence-corrected chi connectivity index (χ2v) is 6.10. The van der Waals surface area contributed by atoms with Crippen LogP contribution in [0.2, 0.25) is 0 Å². The number of rotatable bonds is 6. The molecule has 0 saturated heterocycles. The van der Waals surface area contributed by atoms with E-state index < -0.39 is 5.91 Å². The number of thioether (sulfide) groups is 1. The molecule has 0 fully saturated rings. The number of benzene rings is 2. The molecule has 1 N–H and O–H groups in total. The van der Waals surface area contributed by atoms with Gasteiger partial charge in [0, 0.05) is 10.3 Å². The molecule has 0 unspecified atom stereocenters. The van der Waals surface area contributed by atoms with Crippen molar-refractivity contribution in [1.29, 1.82) is 0 Å². The Hall–Kier alpha value is -2.73. The molecule has 1 aromatic heterocycles. The average molecular weight is 354 g/mol. The molecule has 0 radical (unpaired) electrons. The molecule has 0 aliphatic heterocycles. The molecule has 0 spiro atoms. The van der Waals surface area contributed by atoms with Gasteiger partial charge >= 0.3 is 5.91 Å². The summed E-state index contributed by atoms with van der Waals surface area (Å²) in [7, 11) is 0. The number of ether oxygens (including phenoxy) is 1. The van der Waals surface area contributed by atoms with Gasteiger partial charge in [0.1, 0.15) is 11.3 Å². The third-order valence-electron chi connectivity index (χ3n) is 3.52. The third-order valence-corrected chi connectivity index (χ3v) is 4.26. The van der Waals surface area contributed by atoms with Crippen LogP contribution in [0.5, 0.6) is 5.75 Å². The molecule has 0 bridgehead atoms. The van der Waals surface area contributed by atoms with Crippen LogP contribution in [0.4, 0.5) is 0 Å². The minimum atomic E-state index is -0.397. The highest BCUT2D eigenvalue weighted by molar-refractivity contribution is 7.98. The first-order valence-electron chi connectivity index (χ1n) is 7.83. The number of fused-ring (bicyclic) bond motifs is 1. The monoisotopic (exact) mass is 354 g/mol. The van der Waals surface area contributed by atoms with E-state index in [4.69, 9.17) is 9.15 Å². The summed E-state index contributed by atoms with van der Waals surface area (Å²) in [6.07, 6.45) is 3.62. The Bertz CT molecular complexity index is 901. The van der Waals surface area contributed by atoms with Crippen molar-refractivity contribution < 1.29 is 13.9 Å². The van der Waals surface area contributed by atoms with Gasteiger partial charge in [-0.15, -0.1) is 11.8 Å². The Balaban J connectivity index is 1.67. The molecule has 0 atom stereocenters. The lowest BCUT2D eigenvalue weighted by Crippen LogP contribution is -2.16. The zero-order valence-corrected chi connectivity index (χ0v) is 14.8. The fraction of sp³-hybridized carbons (Fsp3) is 0.158. The van der Waals surface area contributed by atoms with Crippen LogP contribution in [0.1, 0.15) is 23.0 Å². The SMILES string of the molecule is CCOc1ccc2oc(C(=O)N/N=C/c3ccc(SC)cc3)cc2c1. The average Bonchev–Trinajstić information content (AvgIpc) is 3.06. The van der Waals surface area contributed by atoms with Crippen LogP contribution in [0.3, 0.4) is 0 Å². The second-order valence-electron chi connectivity index (χ2n) is 5.22. The van der Waals surface area contributed by atoms with Crippen LogP contribution in [0.15, 0.2) is 62.9 Å². The van der Waals surface area contributed by atoms with Gasteiger partial charge in [0.25, 0.3) is 0 Å². The van der Waals surface area contributed by atoms with Crippen molar-refractivity contribution >= 4 is 34.9 Å². The molecular formula is C19H18N2O3S. The van der Waals surface area contributed by atoms with Gasteiger partial charge in [-0.3, -0.25) is 4.79 Å². The summed E-state index contributed by atoms with van der Waals surface area (Å²) in [6, 6.07) is 15.0. The zero-order valence-electron chi connectivity index (χ0n) is 14.0. The minimum Gasteiger partial charge on any atom is -0.494 e. The molecule has 3 rings (SSSR count). The van der Waals surface area contributed by atoms with Crippen molar-refractivity contribution in [2.75, 3.05) is 12.9 Å². The zero-order chi connectivity index (χ0) is 17.6. The maximum atomic E-state index is 12.2. The number of amides is 1. The largest absolute Gasteiger partial charge is 0.494 e. The predicted molar refractivity (Wildman–Crippen MR) is 101 cm³/mol. The molecule has 25 heavy (non-hydrogen) atoms. The van der Waals surface area contributed by atoms with Gasteiger partial charge in [0.2, 0.25) is 0 Å². The molecule has 1 heterocycles. The third kappa shape index (κ3) is 4.22. The number of nitrogens with one attached hydrogen (secondary N) is 1. The van der Waals surface area contributed by atoms with E-state index in [1.807, 2.05) is 49.6 Å². The highest BCUT2D eigenvalue weighted by atomic mass is 32.2. The Morgan fingerprint density at radius 2 is 2.04 bits per heavy atom. The van der Waals surface area contributed by atoms with Crippen LogP contribution in [0.25, 0.3) is 11.0 Å². The molecule has 0 aliphatic rings. The van der Waals surface area contributed by atoms with Gasteiger partial charge in [0.05, 0.1) is 12.8 Å². The second kappa shape index (κ2) is 7.90. The summed E-state index contributed by atoms with van der Waals surface area (Å²) in [4.78, 5) is 13.3. The molecule has 1 amide bonds. The Morgan fingerprint density at radius 3 is 2.76 bits per heavy atom. The lowest BCUT2D eigenvalue weighted by Gasteiger charge is -2.00. The van der Waals surface area contributed by atoms with E-state index in [0.29, 0.717) is 12.2 Å². The summed E-state index contributed by atoms with van der Waals surface area (Å²) in [5.74, 6) is 0.555. The summed E-state index contributed by atoms with van der Waals surface area (Å²) in [5, 5.41) is 4.79. The Kier molecular flexibility index (Phi) is 5.40. The summed E-state index contributed by atoms with van der Waals surface area (Å²) < 4.78 is 11.0. The van der Waals surface area contributed by atoms with Crippen molar-refractivity contribution in [1.82, 2.24) is 5.43 Å². The number of carbonyl (C=O) groups excluding carboxylic acids is 1. The van der Waals surface area contributed by atoms with Crippen LogP contribution < -0.4 is 10.2 Å². The van der Waals surface area contributed by atoms with Gasteiger partial charge in [-0.05, 0) is 55.1 Å². The van der Waals surface area contributed by atoms with E-state index >= 15 is 0 Å². The van der Waals surface area contributed by atoms with Crippen molar-refractivity contribution in [3.05, 3.63) is 59.9 Å². The topological polar surface area (TPSA) is 63.8 Å². The fourth-order valence-electron chi connectivity index (χ4n) is 2.30. The molecule has 6 heteroatoms. The quantitative estimate of drug-likeness (QED) is 0.407. The standard InChI is InChI=1S/C19H18N2O3S/c1-3-23-15-6-9-17-14(10-15)11-18(24-17)19(22)21-20-12-13-4-7-16(25-2)8-5-13/h4-12H,3H2,1-2H3,(H,21,22)/b20-12+. The molecular weight excluding hydrogens is 336 g/mol. The normalized spacial score (nSPS) is 11.1. The smallest absolute Gasteiger partial charge is 0.307 e. The molecule has 5 nitrogen and oxygen atoms in total. The highest BCUT2D eigenvalue weighted by Crippen LogP contribution is 2.24.